The number of pyridine rings is 1. The molecule has 0 saturated heterocycles. The molecule has 20 heavy (non-hydrogen) atoms. The molecule has 0 amide bonds. The first-order valence-electron chi connectivity index (χ1n) is 6.16. The van der Waals surface area contributed by atoms with Gasteiger partial charge in [0.15, 0.2) is 0 Å². The lowest BCUT2D eigenvalue weighted by Gasteiger charge is -2.03. The van der Waals surface area contributed by atoms with Gasteiger partial charge in [0, 0.05) is 23.8 Å². The summed E-state index contributed by atoms with van der Waals surface area (Å²) in [4.78, 5) is 4.37. The number of hydrogen-bond acceptors (Lipinski definition) is 3. The van der Waals surface area contributed by atoms with E-state index in [4.69, 9.17) is 17.3 Å². The molecule has 0 spiro atoms. The van der Waals surface area contributed by atoms with Gasteiger partial charge in [-0.1, -0.05) is 29.8 Å². The first kappa shape index (κ1) is 12.7. The molecule has 100 valence electrons. The first-order valence-corrected chi connectivity index (χ1v) is 6.54. The molecule has 2 aromatic heterocycles. The second kappa shape index (κ2) is 4.98. The van der Waals surface area contributed by atoms with Crippen molar-refractivity contribution in [2.75, 3.05) is 5.73 Å². The van der Waals surface area contributed by atoms with Crippen molar-refractivity contribution in [2.24, 2.45) is 7.05 Å². The van der Waals surface area contributed by atoms with Gasteiger partial charge < -0.3 is 5.73 Å². The predicted molar refractivity (Wildman–Crippen MR) is 81.3 cm³/mol. The Balaban J connectivity index is 2.25. The van der Waals surface area contributed by atoms with Crippen molar-refractivity contribution >= 4 is 17.4 Å². The van der Waals surface area contributed by atoms with E-state index in [1.807, 2.05) is 49.5 Å². The predicted octanol–water partition coefficient (Wildman–Crippen LogP) is 3.38. The number of benzene rings is 1. The van der Waals surface area contributed by atoms with Crippen molar-refractivity contribution < 1.29 is 0 Å². The third-order valence-electron chi connectivity index (χ3n) is 3.11. The van der Waals surface area contributed by atoms with Crippen LogP contribution in [-0.2, 0) is 7.05 Å². The zero-order chi connectivity index (χ0) is 14.1. The molecule has 0 bridgehead atoms. The largest absolute Gasteiger partial charge is 0.383 e. The summed E-state index contributed by atoms with van der Waals surface area (Å²) in [5, 5.41) is 5.16. The molecule has 0 aliphatic rings. The highest BCUT2D eigenvalue weighted by Gasteiger charge is 2.18. The van der Waals surface area contributed by atoms with Gasteiger partial charge in [-0.15, -0.1) is 0 Å². The van der Waals surface area contributed by atoms with Crippen LogP contribution in [0.1, 0.15) is 0 Å². The molecule has 0 saturated carbocycles. The molecule has 0 aliphatic heterocycles. The second-order valence-corrected chi connectivity index (χ2v) is 4.89. The van der Waals surface area contributed by atoms with Crippen LogP contribution in [0.15, 0.2) is 48.7 Å². The van der Waals surface area contributed by atoms with Gasteiger partial charge >= 0.3 is 0 Å². The van der Waals surface area contributed by atoms with Gasteiger partial charge in [0.2, 0.25) is 0 Å². The van der Waals surface area contributed by atoms with Crippen LogP contribution in [0.5, 0.6) is 0 Å². The summed E-state index contributed by atoms with van der Waals surface area (Å²) in [6.07, 6.45) is 1.74. The van der Waals surface area contributed by atoms with Crippen LogP contribution in [-0.4, -0.2) is 14.8 Å². The fraction of sp³-hybridized carbons (Fsp3) is 0.0667. The van der Waals surface area contributed by atoms with E-state index in [-0.39, 0.29) is 0 Å². The van der Waals surface area contributed by atoms with Crippen molar-refractivity contribution in [2.45, 2.75) is 0 Å². The van der Waals surface area contributed by atoms with Crippen molar-refractivity contribution in [3.63, 3.8) is 0 Å². The summed E-state index contributed by atoms with van der Waals surface area (Å²) in [6.45, 7) is 0. The molecule has 0 radical (unpaired) electrons. The molecule has 3 rings (SSSR count). The maximum absolute atomic E-state index is 6.14. The van der Waals surface area contributed by atoms with Gasteiger partial charge in [-0.05, 0) is 24.3 Å². The molecule has 2 N–H and O–H groups in total. The van der Waals surface area contributed by atoms with Gasteiger partial charge in [-0.3, -0.25) is 9.67 Å². The Hall–Kier alpha value is -2.33. The van der Waals surface area contributed by atoms with Gasteiger partial charge in [0.1, 0.15) is 11.5 Å². The summed E-state index contributed by atoms with van der Waals surface area (Å²) < 4.78 is 1.65. The minimum atomic E-state index is 0.582. The fourth-order valence-electron chi connectivity index (χ4n) is 2.14. The highest BCUT2D eigenvalue weighted by atomic mass is 35.5. The van der Waals surface area contributed by atoms with E-state index >= 15 is 0 Å². The van der Waals surface area contributed by atoms with E-state index in [2.05, 4.69) is 10.1 Å². The minimum Gasteiger partial charge on any atom is -0.383 e. The Morgan fingerprint density at radius 1 is 1.15 bits per heavy atom. The number of anilines is 1. The molecule has 0 fully saturated rings. The maximum Gasteiger partial charge on any atom is 0.131 e. The summed E-state index contributed by atoms with van der Waals surface area (Å²) in [5.41, 5.74) is 9.47. The SMILES string of the molecule is Cn1nc(-c2cccc(Cl)c2)c(-c2ccccn2)c1N. The van der Waals surface area contributed by atoms with E-state index in [0.717, 1.165) is 22.5 Å². The summed E-state index contributed by atoms with van der Waals surface area (Å²) in [7, 11) is 1.82. The van der Waals surface area contributed by atoms with Crippen LogP contribution in [0.2, 0.25) is 5.02 Å². The lowest BCUT2D eigenvalue weighted by Crippen LogP contribution is -1.98. The molecule has 0 atom stereocenters. The van der Waals surface area contributed by atoms with Gasteiger partial charge in [0.05, 0.1) is 11.3 Å². The summed E-state index contributed by atoms with van der Waals surface area (Å²) in [5.74, 6) is 0.582. The Bertz CT molecular complexity index is 750. The quantitative estimate of drug-likeness (QED) is 0.785. The Kier molecular flexibility index (Phi) is 3.16. The van der Waals surface area contributed by atoms with Crippen LogP contribution in [0.3, 0.4) is 0 Å². The van der Waals surface area contributed by atoms with Crippen LogP contribution < -0.4 is 5.73 Å². The molecule has 5 heteroatoms. The van der Waals surface area contributed by atoms with E-state index in [0.29, 0.717) is 10.8 Å². The normalized spacial score (nSPS) is 10.7. The smallest absolute Gasteiger partial charge is 0.131 e. The Labute approximate surface area is 121 Å². The molecule has 4 nitrogen and oxygen atoms in total. The van der Waals surface area contributed by atoms with E-state index in [1.165, 1.54) is 0 Å². The zero-order valence-corrected chi connectivity index (χ0v) is 11.7. The number of nitrogen functional groups attached to an aromatic ring is 1. The molecule has 0 unspecified atom stereocenters. The molecule has 3 aromatic rings. The third kappa shape index (κ3) is 2.14. The molecule has 0 aliphatic carbocycles. The molecular weight excluding hydrogens is 272 g/mol. The van der Waals surface area contributed by atoms with Crippen LogP contribution in [0, 0.1) is 0 Å². The van der Waals surface area contributed by atoms with Gasteiger partial charge in [-0.2, -0.15) is 5.10 Å². The van der Waals surface area contributed by atoms with Crippen LogP contribution in [0.25, 0.3) is 22.5 Å². The highest BCUT2D eigenvalue weighted by Crippen LogP contribution is 2.35. The number of aromatic nitrogens is 3. The second-order valence-electron chi connectivity index (χ2n) is 4.46. The summed E-state index contributed by atoms with van der Waals surface area (Å²) in [6, 6.07) is 13.3. The van der Waals surface area contributed by atoms with Crippen molar-refractivity contribution in [3.8, 4) is 22.5 Å². The average molecular weight is 285 g/mol. The summed E-state index contributed by atoms with van der Waals surface area (Å²) >= 11 is 6.06. The van der Waals surface area contributed by atoms with E-state index in [9.17, 15) is 0 Å². The molecular formula is C15H13ClN4. The van der Waals surface area contributed by atoms with Crippen molar-refractivity contribution in [1.29, 1.82) is 0 Å². The van der Waals surface area contributed by atoms with Gasteiger partial charge in [-0.25, -0.2) is 0 Å². The van der Waals surface area contributed by atoms with E-state index < -0.39 is 0 Å². The molecule has 2 heterocycles. The number of aryl methyl sites for hydroxylation is 1. The number of halogens is 1. The molecule has 1 aromatic carbocycles. The van der Waals surface area contributed by atoms with E-state index in [1.54, 1.807) is 10.9 Å². The highest BCUT2D eigenvalue weighted by molar-refractivity contribution is 6.30. The third-order valence-corrected chi connectivity index (χ3v) is 3.35. The number of hydrogen-bond donors (Lipinski definition) is 1. The standard InChI is InChI=1S/C15H13ClN4/c1-20-15(17)13(12-7-2-3-8-18-12)14(19-20)10-5-4-6-11(16)9-10/h2-9H,17H2,1H3. The number of nitrogens with zero attached hydrogens (tertiary/aromatic N) is 3. The van der Waals surface area contributed by atoms with Crippen molar-refractivity contribution in [3.05, 3.63) is 53.7 Å². The van der Waals surface area contributed by atoms with Crippen molar-refractivity contribution in [1.82, 2.24) is 14.8 Å². The average Bonchev–Trinajstić information content (AvgIpc) is 2.76. The fourth-order valence-corrected chi connectivity index (χ4v) is 2.33. The minimum absolute atomic E-state index is 0.582. The Morgan fingerprint density at radius 2 is 2.00 bits per heavy atom. The van der Waals surface area contributed by atoms with Crippen LogP contribution >= 0.6 is 11.6 Å². The lowest BCUT2D eigenvalue weighted by atomic mass is 10.0. The number of nitrogens with two attached hydrogens (primary N) is 1. The number of rotatable bonds is 2. The topological polar surface area (TPSA) is 56.7 Å². The van der Waals surface area contributed by atoms with Gasteiger partial charge in [0.25, 0.3) is 0 Å². The maximum atomic E-state index is 6.14. The Morgan fingerprint density at radius 3 is 2.70 bits per heavy atom. The zero-order valence-electron chi connectivity index (χ0n) is 10.9. The lowest BCUT2D eigenvalue weighted by molar-refractivity contribution is 0.782. The monoisotopic (exact) mass is 284 g/mol. The first-order chi connectivity index (χ1) is 9.66. The van der Waals surface area contributed by atoms with Crippen LogP contribution in [0.4, 0.5) is 5.82 Å².